The third-order valence-corrected chi connectivity index (χ3v) is 4.79. The number of likely N-dealkylation sites (tertiary alicyclic amines) is 1. The maximum Gasteiger partial charge on any atom is 0.227 e. The molecule has 0 aromatic heterocycles. The number of nitrogens with zero attached hydrogens (tertiary/aromatic N) is 1. The van der Waals surface area contributed by atoms with E-state index in [0.29, 0.717) is 13.1 Å². The summed E-state index contributed by atoms with van der Waals surface area (Å²) in [5.41, 5.74) is 2.17. The number of benzene rings is 1. The molecule has 128 valence electrons. The number of carbonyl (C=O) groups is 1. The second-order valence-electron chi connectivity index (χ2n) is 7.02. The van der Waals surface area contributed by atoms with Crippen LogP contribution < -0.4 is 5.32 Å². The standard InChI is InChI=1S/C19H30N2O2/c1-14-7-9-21(10-8-14)13-18(22)12-20-19(23)16(3)17-6-4-5-15(2)11-17/h4-6,11,14,16,18,22H,7-10,12-13H2,1-3H3,(H,20,23). The summed E-state index contributed by atoms with van der Waals surface area (Å²) in [6, 6.07) is 8.01. The molecule has 0 spiro atoms. The number of carbonyl (C=O) groups excluding carboxylic acids is 1. The first-order valence-corrected chi connectivity index (χ1v) is 8.70. The van der Waals surface area contributed by atoms with Gasteiger partial charge in [0.2, 0.25) is 5.91 Å². The van der Waals surface area contributed by atoms with Crippen LogP contribution in [0, 0.1) is 12.8 Å². The summed E-state index contributed by atoms with van der Waals surface area (Å²) in [5, 5.41) is 13.0. The summed E-state index contributed by atoms with van der Waals surface area (Å²) in [7, 11) is 0. The van der Waals surface area contributed by atoms with Crippen molar-refractivity contribution in [3.63, 3.8) is 0 Å². The van der Waals surface area contributed by atoms with Crippen LogP contribution in [0.5, 0.6) is 0 Å². The molecular formula is C19H30N2O2. The van der Waals surface area contributed by atoms with E-state index in [9.17, 15) is 9.90 Å². The first kappa shape index (κ1) is 18.0. The number of aliphatic hydroxyl groups is 1. The van der Waals surface area contributed by atoms with Crippen molar-refractivity contribution in [3.8, 4) is 0 Å². The normalized spacial score (nSPS) is 19.3. The first-order chi connectivity index (χ1) is 11.0. The van der Waals surface area contributed by atoms with Crippen molar-refractivity contribution in [2.24, 2.45) is 5.92 Å². The molecule has 4 nitrogen and oxygen atoms in total. The molecule has 1 aliphatic rings. The van der Waals surface area contributed by atoms with Crippen molar-refractivity contribution in [3.05, 3.63) is 35.4 Å². The Morgan fingerprint density at radius 3 is 2.74 bits per heavy atom. The number of amides is 1. The van der Waals surface area contributed by atoms with Crippen molar-refractivity contribution in [1.82, 2.24) is 10.2 Å². The second-order valence-corrected chi connectivity index (χ2v) is 7.02. The number of hydrogen-bond acceptors (Lipinski definition) is 3. The van der Waals surface area contributed by atoms with Gasteiger partial charge < -0.3 is 15.3 Å². The number of rotatable bonds is 6. The van der Waals surface area contributed by atoms with Crippen LogP contribution in [0.4, 0.5) is 0 Å². The molecule has 2 N–H and O–H groups in total. The van der Waals surface area contributed by atoms with Gasteiger partial charge in [0, 0.05) is 13.1 Å². The van der Waals surface area contributed by atoms with Crippen LogP contribution in [0.25, 0.3) is 0 Å². The molecule has 1 fully saturated rings. The zero-order valence-electron chi connectivity index (χ0n) is 14.6. The van der Waals surface area contributed by atoms with Gasteiger partial charge >= 0.3 is 0 Å². The van der Waals surface area contributed by atoms with Gasteiger partial charge in [-0.2, -0.15) is 0 Å². The molecule has 2 rings (SSSR count). The summed E-state index contributed by atoms with van der Waals surface area (Å²) in [6.45, 7) is 9.27. The molecule has 1 heterocycles. The average molecular weight is 318 g/mol. The molecule has 0 bridgehead atoms. The fraction of sp³-hybridized carbons (Fsp3) is 0.632. The van der Waals surface area contributed by atoms with E-state index in [4.69, 9.17) is 0 Å². The summed E-state index contributed by atoms with van der Waals surface area (Å²) in [5.74, 6) is 0.568. The lowest BCUT2D eigenvalue weighted by Crippen LogP contribution is -2.43. The minimum absolute atomic E-state index is 0.0260. The van der Waals surface area contributed by atoms with Crippen molar-refractivity contribution < 1.29 is 9.90 Å². The van der Waals surface area contributed by atoms with E-state index in [1.807, 2.05) is 38.1 Å². The van der Waals surface area contributed by atoms with Crippen LogP contribution in [0.15, 0.2) is 24.3 Å². The minimum Gasteiger partial charge on any atom is -0.390 e. The van der Waals surface area contributed by atoms with Crippen LogP contribution in [-0.2, 0) is 4.79 Å². The van der Waals surface area contributed by atoms with Gasteiger partial charge in [0.25, 0.3) is 0 Å². The Balaban J connectivity index is 1.75. The summed E-state index contributed by atoms with van der Waals surface area (Å²) < 4.78 is 0. The van der Waals surface area contributed by atoms with Crippen LogP contribution in [0.1, 0.15) is 43.7 Å². The Morgan fingerprint density at radius 1 is 1.39 bits per heavy atom. The largest absolute Gasteiger partial charge is 0.390 e. The van der Waals surface area contributed by atoms with Crippen molar-refractivity contribution in [2.45, 2.75) is 45.6 Å². The van der Waals surface area contributed by atoms with Crippen LogP contribution in [-0.4, -0.2) is 48.2 Å². The average Bonchev–Trinajstić information content (AvgIpc) is 2.54. The van der Waals surface area contributed by atoms with Gasteiger partial charge in [0.05, 0.1) is 12.0 Å². The second kappa shape index (κ2) is 8.46. The van der Waals surface area contributed by atoms with Gasteiger partial charge in [0.15, 0.2) is 0 Å². The Bertz CT molecular complexity index is 510. The third kappa shape index (κ3) is 5.63. The smallest absolute Gasteiger partial charge is 0.227 e. The van der Waals surface area contributed by atoms with Crippen molar-refractivity contribution in [1.29, 1.82) is 0 Å². The molecule has 1 saturated heterocycles. The lowest BCUT2D eigenvalue weighted by atomic mass is 9.98. The molecule has 1 aliphatic heterocycles. The van der Waals surface area contributed by atoms with E-state index in [-0.39, 0.29) is 11.8 Å². The van der Waals surface area contributed by atoms with E-state index >= 15 is 0 Å². The fourth-order valence-electron chi connectivity index (χ4n) is 3.07. The molecule has 4 heteroatoms. The highest BCUT2D eigenvalue weighted by Gasteiger charge is 2.20. The maximum atomic E-state index is 12.3. The van der Waals surface area contributed by atoms with Crippen molar-refractivity contribution >= 4 is 5.91 Å². The zero-order chi connectivity index (χ0) is 16.8. The van der Waals surface area contributed by atoms with Crippen LogP contribution in [0.2, 0.25) is 0 Å². The first-order valence-electron chi connectivity index (χ1n) is 8.70. The topological polar surface area (TPSA) is 52.6 Å². The summed E-state index contributed by atoms with van der Waals surface area (Å²) in [6.07, 6.45) is 1.89. The molecule has 0 radical (unpaired) electrons. The van der Waals surface area contributed by atoms with Gasteiger partial charge in [-0.1, -0.05) is 36.8 Å². The van der Waals surface area contributed by atoms with Crippen LogP contribution in [0.3, 0.4) is 0 Å². The van der Waals surface area contributed by atoms with E-state index in [2.05, 4.69) is 17.1 Å². The molecule has 2 unspecified atom stereocenters. The lowest BCUT2D eigenvalue weighted by molar-refractivity contribution is -0.122. The van der Waals surface area contributed by atoms with Gasteiger partial charge in [0.1, 0.15) is 0 Å². The number of aliphatic hydroxyl groups excluding tert-OH is 1. The van der Waals surface area contributed by atoms with Crippen molar-refractivity contribution in [2.75, 3.05) is 26.2 Å². The maximum absolute atomic E-state index is 12.3. The lowest BCUT2D eigenvalue weighted by Gasteiger charge is -2.31. The van der Waals surface area contributed by atoms with Crippen LogP contribution >= 0.6 is 0 Å². The molecular weight excluding hydrogens is 288 g/mol. The third-order valence-electron chi connectivity index (χ3n) is 4.79. The predicted molar refractivity (Wildman–Crippen MR) is 93.4 cm³/mol. The molecule has 1 aromatic carbocycles. The number of piperidine rings is 1. The van der Waals surface area contributed by atoms with E-state index in [0.717, 1.165) is 30.1 Å². The predicted octanol–water partition coefficient (Wildman–Crippen LogP) is 2.31. The number of nitrogens with one attached hydrogen (secondary N) is 1. The highest BCUT2D eigenvalue weighted by Crippen LogP contribution is 2.17. The molecule has 23 heavy (non-hydrogen) atoms. The Morgan fingerprint density at radius 2 is 2.09 bits per heavy atom. The highest BCUT2D eigenvalue weighted by atomic mass is 16.3. The minimum atomic E-state index is -0.503. The number of hydrogen-bond donors (Lipinski definition) is 2. The summed E-state index contributed by atoms with van der Waals surface area (Å²) in [4.78, 5) is 14.6. The van der Waals surface area contributed by atoms with Gasteiger partial charge in [-0.3, -0.25) is 4.79 Å². The van der Waals surface area contributed by atoms with E-state index < -0.39 is 6.10 Å². The van der Waals surface area contributed by atoms with Gasteiger partial charge in [-0.25, -0.2) is 0 Å². The Kier molecular flexibility index (Phi) is 6.60. The molecule has 0 aliphatic carbocycles. The molecule has 2 atom stereocenters. The fourth-order valence-corrected chi connectivity index (χ4v) is 3.07. The van der Waals surface area contributed by atoms with E-state index in [1.165, 1.54) is 12.8 Å². The monoisotopic (exact) mass is 318 g/mol. The zero-order valence-corrected chi connectivity index (χ0v) is 14.6. The quantitative estimate of drug-likeness (QED) is 0.846. The number of β-amino-alcohol motifs (C(OH)–C–C–N with tert-alkyl or cyclic N) is 1. The Hall–Kier alpha value is -1.39. The van der Waals surface area contributed by atoms with E-state index in [1.54, 1.807) is 0 Å². The SMILES string of the molecule is Cc1cccc(C(C)C(=O)NCC(O)CN2CCC(C)CC2)c1. The Labute approximate surface area is 139 Å². The molecule has 1 aromatic rings. The molecule has 1 amide bonds. The van der Waals surface area contributed by atoms with Gasteiger partial charge in [-0.05, 0) is 51.3 Å². The number of aryl methyl sites for hydroxylation is 1. The van der Waals surface area contributed by atoms with Gasteiger partial charge in [-0.15, -0.1) is 0 Å². The summed E-state index contributed by atoms with van der Waals surface area (Å²) >= 11 is 0. The highest BCUT2D eigenvalue weighted by molar-refractivity contribution is 5.83. The molecule has 0 saturated carbocycles.